The van der Waals surface area contributed by atoms with Crippen molar-refractivity contribution in [2.75, 3.05) is 7.05 Å². The minimum absolute atomic E-state index is 0.00412. The number of Topliss-reactive ketones (excluding diaryl/α,β-unsaturated/α-hetero) is 2. The summed E-state index contributed by atoms with van der Waals surface area (Å²) in [6.45, 7) is 1.56. The summed E-state index contributed by atoms with van der Waals surface area (Å²) in [5.74, 6) is -0.561. The summed E-state index contributed by atoms with van der Waals surface area (Å²) < 4.78 is 0. The van der Waals surface area contributed by atoms with Gasteiger partial charge in [-0.1, -0.05) is 59.6 Å². The molecule has 0 spiro atoms. The van der Waals surface area contributed by atoms with Crippen LogP contribution < -0.4 is 0 Å². The summed E-state index contributed by atoms with van der Waals surface area (Å²) in [4.78, 5) is 38.8. The Hall–Kier alpha value is -2.50. The summed E-state index contributed by atoms with van der Waals surface area (Å²) in [6.07, 6.45) is -0.00412. The van der Waals surface area contributed by atoms with Crippen molar-refractivity contribution in [1.29, 1.82) is 0 Å². The highest BCUT2D eigenvalue weighted by Crippen LogP contribution is 2.34. The van der Waals surface area contributed by atoms with Crippen LogP contribution in [0.3, 0.4) is 0 Å². The lowest BCUT2D eigenvalue weighted by molar-refractivity contribution is -0.656. The Labute approximate surface area is 166 Å². The minimum atomic E-state index is -0.683. The van der Waals surface area contributed by atoms with Crippen LogP contribution in [0.2, 0.25) is 10.0 Å². The molecule has 0 saturated carbocycles. The number of carbonyl (C=O) groups excluding carboxylic acids is 2. The molecule has 0 aromatic heterocycles. The molecule has 1 atom stereocenters. The van der Waals surface area contributed by atoms with Gasteiger partial charge in [-0.2, -0.15) is 0 Å². The average Bonchev–Trinajstić information content (AvgIpc) is 2.88. The summed E-state index contributed by atoms with van der Waals surface area (Å²) in [5, 5.41) is 1.73. The molecule has 7 heteroatoms. The minimum Gasteiger partial charge on any atom is -0.294 e. The van der Waals surface area contributed by atoms with Gasteiger partial charge in [0.15, 0.2) is 16.4 Å². The first-order valence-corrected chi connectivity index (χ1v) is 9.06. The molecule has 0 bridgehead atoms. The van der Waals surface area contributed by atoms with Crippen molar-refractivity contribution in [3.63, 3.8) is 0 Å². The molecule has 0 fully saturated rings. The van der Waals surface area contributed by atoms with Crippen molar-refractivity contribution in [2.45, 2.75) is 19.4 Å². The van der Waals surface area contributed by atoms with Crippen molar-refractivity contribution in [3.8, 4) is 0 Å². The monoisotopic (exact) mass is 403 g/mol. The molecule has 2 aromatic rings. The topological polar surface area (TPSA) is 57.5 Å². The molecule has 0 radical (unpaired) electrons. The second kappa shape index (κ2) is 7.62. The molecular formula is C20H17Cl2N2O3+. The standard InChI is InChI=1S/C20H17Cl2N2O3/c1-12-18(20(26)14-9-6-10-15(21)19(14)22)16(23(2)24(12)27)11-17(25)13-7-4-3-5-8-13/h3-10,16H,11H2,1-2H3/q+1. The maximum atomic E-state index is 13.1. The largest absolute Gasteiger partial charge is 0.294 e. The van der Waals surface area contributed by atoms with Gasteiger partial charge in [-0.3, -0.25) is 9.59 Å². The zero-order chi connectivity index (χ0) is 19.7. The van der Waals surface area contributed by atoms with Crippen molar-refractivity contribution < 1.29 is 14.5 Å². The average molecular weight is 404 g/mol. The Bertz CT molecular complexity index is 970. The van der Waals surface area contributed by atoms with Gasteiger partial charge in [0.1, 0.15) is 11.6 Å². The second-order valence-electron chi connectivity index (χ2n) is 6.29. The Balaban J connectivity index is 1.98. The highest BCUT2D eigenvalue weighted by molar-refractivity contribution is 6.44. The van der Waals surface area contributed by atoms with Gasteiger partial charge >= 0.3 is 0 Å². The van der Waals surface area contributed by atoms with E-state index in [2.05, 4.69) is 0 Å². The normalized spacial score (nSPS) is 16.8. The van der Waals surface area contributed by atoms with Crippen LogP contribution in [0.15, 0.2) is 59.8 Å². The molecule has 0 aliphatic carbocycles. The molecule has 1 heterocycles. The van der Waals surface area contributed by atoms with Gasteiger partial charge in [0.2, 0.25) is 0 Å². The quantitative estimate of drug-likeness (QED) is 0.534. The summed E-state index contributed by atoms with van der Waals surface area (Å²) in [7, 11) is 1.55. The lowest BCUT2D eigenvalue weighted by atomic mass is 9.92. The van der Waals surface area contributed by atoms with Crippen molar-refractivity contribution in [3.05, 3.63) is 85.9 Å². The first-order valence-electron chi connectivity index (χ1n) is 8.30. The Kier molecular flexibility index (Phi) is 5.44. The fourth-order valence-corrected chi connectivity index (χ4v) is 3.57. The van der Waals surface area contributed by atoms with E-state index in [1.54, 1.807) is 56.4 Å². The SMILES string of the molecule is CC1=C(C(=O)c2cccc(Cl)c2Cl)C(CC(=O)c2ccccc2)N(C)[N+]1=O. The van der Waals surface area contributed by atoms with Gasteiger partial charge in [0.25, 0.3) is 5.70 Å². The number of ketones is 2. The van der Waals surface area contributed by atoms with E-state index < -0.39 is 11.8 Å². The maximum Gasteiger partial charge on any atom is 0.275 e. The molecule has 3 rings (SSSR count). The molecule has 0 saturated heterocycles. The first-order chi connectivity index (χ1) is 12.8. The smallest absolute Gasteiger partial charge is 0.275 e. The molecular weight excluding hydrogens is 387 g/mol. The molecule has 1 aliphatic rings. The van der Waals surface area contributed by atoms with Crippen molar-refractivity contribution >= 4 is 34.8 Å². The third kappa shape index (κ3) is 3.53. The Morgan fingerprint density at radius 3 is 2.41 bits per heavy atom. The van der Waals surface area contributed by atoms with Crippen LogP contribution >= 0.6 is 23.2 Å². The van der Waals surface area contributed by atoms with Crippen LogP contribution in [-0.2, 0) is 0 Å². The number of hydrogen-bond donors (Lipinski definition) is 0. The number of halogens is 2. The van der Waals surface area contributed by atoms with E-state index in [0.717, 1.165) is 0 Å². The highest BCUT2D eigenvalue weighted by Gasteiger charge is 2.47. The van der Waals surface area contributed by atoms with Crippen molar-refractivity contribution in [1.82, 2.24) is 5.01 Å². The van der Waals surface area contributed by atoms with Gasteiger partial charge < -0.3 is 0 Å². The van der Waals surface area contributed by atoms with Crippen LogP contribution in [-0.4, -0.2) is 34.5 Å². The van der Waals surface area contributed by atoms with Crippen LogP contribution in [0.25, 0.3) is 0 Å². The van der Waals surface area contributed by atoms with Gasteiger partial charge in [0.05, 0.1) is 22.0 Å². The van der Waals surface area contributed by atoms with E-state index in [1.807, 2.05) is 6.07 Å². The predicted octanol–water partition coefficient (Wildman–Crippen LogP) is 4.73. The molecule has 1 unspecified atom stereocenters. The predicted molar refractivity (Wildman–Crippen MR) is 104 cm³/mol. The van der Waals surface area contributed by atoms with Gasteiger partial charge in [-0.05, 0) is 12.1 Å². The van der Waals surface area contributed by atoms with Gasteiger partial charge in [-0.25, -0.2) is 0 Å². The molecule has 138 valence electrons. The van der Waals surface area contributed by atoms with Gasteiger partial charge in [-0.15, -0.1) is 5.01 Å². The number of hydrogen-bond acceptors (Lipinski definition) is 3. The fourth-order valence-electron chi connectivity index (χ4n) is 3.19. The molecule has 1 aliphatic heterocycles. The van der Waals surface area contributed by atoms with Crippen LogP contribution in [0.4, 0.5) is 0 Å². The number of nitroso groups, excluding NO2 is 1. The molecule has 0 amide bonds. The summed E-state index contributed by atoms with van der Waals surface area (Å²) >= 11 is 12.2. The van der Waals surface area contributed by atoms with Gasteiger partial charge in [0, 0.05) is 24.5 Å². The number of likely N-dealkylation sites (N-methyl/N-ethyl adjacent to an activating group) is 1. The first kappa shape index (κ1) is 19.3. The molecule has 5 nitrogen and oxygen atoms in total. The Morgan fingerprint density at radius 1 is 1.07 bits per heavy atom. The second-order valence-corrected chi connectivity index (χ2v) is 7.07. The summed E-state index contributed by atoms with van der Waals surface area (Å²) in [5.41, 5.74) is 1.23. The number of rotatable bonds is 5. The zero-order valence-electron chi connectivity index (χ0n) is 14.8. The van der Waals surface area contributed by atoms with E-state index >= 15 is 0 Å². The maximum absolute atomic E-state index is 13.1. The number of nitrogens with zero attached hydrogens (tertiary/aromatic N) is 2. The highest BCUT2D eigenvalue weighted by atomic mass is 35.5. The third-order valence-electron chi connectivity index (χ3n) is 4.66. The number of allylic oxidation sites excluding steroid dienone is 1. The van der Waals surface area contributed by atoms with Crippen molar-refractivity contribution in [2.24, 2.45) is 0 Å². The number of hydrazine groups is 1. The number of carbonyl (C=O) groups is 2. The molecule has 0 N–H and O–H groups in total. The molecule has 2 aromatic carbocycles. The lowest BCUT2D eigenvalue weighted by Gasteiger charge is -2.15. The van der Waals surface area contributed by atoms with Crippen LogP contribution in [0.5, 0.6) is 0 Å². The van der Waals surface area contributed by atoms with E-state index in [1.165, 1.54) is 5.01 Å². The summed E-state index contributed by atoms with van der Waals surface area (Å²) in [6, 6.07) is 12.8. The van der Waals surface area contributed by atoms with Crippen LogP contribution in [0, 0.1) is 4.91 Å². The van der Waals surface area contributed by atoms with Crippen LogP contribution in [0.1, 0.15) is 34.1 Å². The van der Waals surface area contributed by atoms with E-state index in [-0.39, 0.29) is 39.1 Å². The molecule has 27 heavy (non-hydrogen) atoms. The third-order valence-corrected chi connectivity index (χ3v) is 5.48. The lowest BCUT2D eigenvalue weighted by Crippen LogP contribution is -2.35. The van der Waals surface area contributed by atoms with E-state index in [4.69, 9.17) is 23.2 Å². The van der Waals surface area contributed by atoms with E-state index in [0.29, 0.717) is 10.4 Å². The number of benzene rings is 2. The Morgan fingerprint density at radius 2 is 1.74 bits per heavy atom. The zero-order valence-corrected chi connectivity index (χ0v) is 16.3. The fraction of sp³-hybridized carbons (Fsp3) is 0.200. The van der Waals surface area contributed by atoms with E-state index in [9.17, 15) is 14.5 Å².